The molecule has 0 aromatic carbocycles. The SMILES string of the molecule is CN(Cc1cnn(C)c1)S(=O)(=O)c1ccnn1C. The van der Waals surface area contributed by atoms with Crippen molar-refractivity contribution < 1.29 is 8.42 Å². The van der Waals surface area contributed by atoms with Crippen molar-refractivity contribution in [1.82, 2.24) is 23.9 Å². The highest BCUT2D eigenvalue weighted by atomic mass is 32.2. The molecule has 2 rings (SSSR count). The second kappa shape index (κ2) is 4.54. The van der Waals surface area contributed by atoms with Crippen molar-refractivity contribution in [2.75, 3.05) is 7.05 Å². The normalized spacial score (nSPS) is 12.2. The van der Waals surface area contributed by atoms with E-state index in [1.165, 1.54) is 28.3 Å². The van der Waals surface area contributed by atoms with Gasteiger partial charge in [0.1, 0.15) is 0 Å². The highest BCUT2D eigenvalue weighted by Gasteiger charge is 2.24. The van der Waals surface area contributed by atoms with Gasteiger partial charge in [-0.25, -0.2) is 8.42 Å². The monoisotopic (exact) mass is 269 g/mol. The molecule has 2 heterocycles. The van der Waals surface area contributed by atoms with E-state index in [2.05, 4.69) is 10.2 Å². The molecule has 98 valence electrons. The van der Waals surface area contributed by atoms with Gasteiger partial charge in [-0.3, -0.25) is 9.36 Å². The first-order valence-corrected chi connectivity index (χ1v) is 6.77. The topological polar surface area (TPSA) is 73.0 Å². The summed E-state index contributed by atoms with van der Waals surface area (Å²) in [6, 6.07) is 1.48. The Morgan fingerprint density at radius 2 is 2.06 bits per heavy atom. The van der Waals surface area contributed by atoms with Crippen molar-refractivity contribution in [3.05, 3.63) is 30.2 Å². The second-order valence-electron chi connectivity index (χ2n) is 4.08. The Kier molecular flexibility index (Phi) is 3.22. The van der Waals surface area contributed by atoms with Crippen LogP contribution in [0.3, 0.4) is 0 Å². The van der Waals surface area contributed by atoms with E-state index in [9.17, 15) is 8.42 Å². The van der Waals surface area contributed by atoms with Crippen LogP contribution in [0, 0.1) is 0 Å². The van der Waals surface area contributed by atoms with E-state index in [1.54, 1.807) is 31.2 Å². The van der Waals surface area contributed by atoms with Gasteiger partial charge >= 0.3 is 0 Å². The predicted octanol–water partition coefficient (Wildman–Crippen LogP) is -0.0257. The summed E-state index contributed by atoms with van der Waals surface area (Å²) in [4.78, 5) is 0. The van der Waals surface area contributed by atoms with Crippen LogP contribution < -0.4 is 0 Å². The van der Waals surface area contributed by atoms with E-state index in [4.69, 9.17) is 0 Å². The van der Waals surface area contributed by atoms with Gasteiger partial charge in [-0.2, -0.15) is 14.5 Å². The first kappa shape index (κ1) is 12.8. The molecule has 0 aliphatic carbocycles. The van der Waals surface area contributed by atoms with Gasteiger partial charge in [0.05, 0.1) is 12.4 Å². The Bertz CT molecular complexity index is 643. The molecule has 0 saturated carbocycles. The number of rotatable bonds is 4. The van der Waals surface area contributed by atoms with Gasteiger partial charge in [0, 0.05) is 39.4 Å². The zero-order valence-electron chi connectivity index (χ0n) is 10.5. The summed E-state index contributed by atoms with van der Waals surface area (Å²) in [5.74, 6) is 0. The predicted molar refractivity (Wildman–Crippen MR) is 65.1 cm³/mol. The van der Waals surface area contributed by atoms with Crippen molar-refractivity contribution in [3.8, 4) is 0 Å². The number of aryl methyl sites for hydroxylation is 2. The standard InChI is InChI=1S/C10H15N5O2S/c1-13-7-9(6-12-13)8-14(2)18(16,17)10-4-5-11-15(10)3/h4-7H,8H2,1-3H3. The molecule has 0 unspecified atom stereocenters. The van der Waals surface area contributed by atoms with E-state index in [1.807, 2.05) is 0 Å². The maximum atomic E-state index is 12.3. The molecule has 0 fully saturated rings. The lowest BCUT2D eigenvalue weighted by atomic mass is 10.4. The Morgan fingerprint density at radius 1 is 1.33 bits per heavy atom. The molecule has 0 aliphatic heterocycles. The molecule has 2 aromatic rings. The number of aromatic nitrogens is 4. The quantitative estimate of drug-likeness (QED) is 0.781. The molecule has 0 saturated heterocycles. The first-order chi connectivity index (χ1) is 8.41. The van der Waals surface area contributed by atoms with Crippen LogP contribution in [0.1, 0.15) is 5.56 Å². The molecule has 8 heteroatoms. The van der Waals surface area contributed by atoms with Gasteiger partial charge in [0.2, 0.25) is 0 Å². The minimum atomic E-state index is -3.52. The van der Waals surface area contributed by atoms with Crippen molar-refractivity contribution in [3.63, 3.8) is 0 Å². The minimum Gasteiger partial charge on any atom is -0.275 e. The summed E-state index contributed by atoms with van der Waals surface area (Å²) in [5.41, 5.74) is 0.839. The minimum absolute atomic E-state index is 0.175. The summed E-state index contributed by atoms with van der Waals surface area (Å²) in [7, 11) is 1.41. The highest BCUT2D eigenvalue weighted by molar-refractivity contribution is 7.89. The Balaban J connectivity index is 2.23. The highest BCUT2D eigenvalue weighted by Crippen LogP contribution is 2.15. The van der Waals surface area contributed by atoms with E-state index < -0.39 is 10.0 Å². The Labute approximate surface area is 106 Å². The lowest BCUT2D eigenvalue weighted by Gasteiger charge is -2.15. The van der Waals surface area contributed by atoms with Crippen LogP contribution in [0.25, 0.3) is 0 Å². The third-order valence-corrected chi connectivity index (χ3v) is 4.49. The third kappa shape index (κ3) is 2.29. The lowest BCUT2D eigenvalue weighted by molar-refractivity contribution is 0.457. The number of sulfonamides is 1. The van der Waals surface area contributed by atoms with Crippen LogP contribution in [-0.4, -0.2) is 39.3 Å². The van der Waals surface area contributed by atoms with Gasteiger partial charge < -0.3 is 0 Å². The summed E-state index contributed by atoms with van der Waals surface area (Å²) in [5, 5.41) is 8.06. The van der Waals surface area contributed by atoms with E-state index in [0.29, 0.717) is 0 Å². The number of hydrogen-bond acceptors (Lipinski definition) is 4. The molecule has 18 heavy (non-hydrogen) atoms. The second-order valence-corrected chi connectivity index (χ2v) is 6.07. The van der Waals surface area contributed by atoms with Crippen LogP contribution in [0.4, 0.5) is 0 Å². The maximum Gasteiger partial charge on any atom is 0.260 e. The van der Waals surface area contributed by atoms with Gasteiger partial charge in [-0.1, -0.05) is 0 Å². The first-order valence-electron chi connectivity index (χ1n) is 5.33. The van der Waals surface area contributed by atoms with Crippen LogP contribution in [0.5, 0.6) is 0 Å². The van der Waals surface area contributed by atoms with E-state index in [0.717, 1.165) is 5.56 Å². The lowest BCUT2D eigenvalue weighted by Crippen LogP contribution is -2.28. The smallest absolute Gasteiger partial charge is 0.260 e. The fourth-order valence-electron chi connectivity index (χ4n) is 1.67. The molecule has 0 atom stereocenters. The molecule has 0 aliphatic rings. The average Bonchev–Trinajstić information content (AvgIpc) is 2.87. The van der Waals surface area contributed by atoms with Crippen molar-refractivity contribution in [1.29, 1.82) is 0 Å². The zero-order valence-corrected chi connectivity index (χ0v) is 11.3. The van der Waals surface area contributed by atoms with Gasteiger partial charge in [-0.05, 0) is 6.07 Å². The van der Waals surface area contributed by atoms with Crippen molar-refractivity contribution >= 4 is 10.0 Å². The molecule has 0 spiro atoms. The fourth-order valence-corrected chi connectivity index (χ4v) is 2.92. The van der Waals surface area contributed by atoms with Crippen molar-refractivity contribution in [2.24, 2.45) is 14.1 Å². The van der Waals surface area contributed by atoms with Crippen LogP contribution >= 0.6 is 0 Å². The largest absolute Gasteiger partial charge is 0.275 e. The molecular weight excluding hydrogens is 254 g/mol. The van der Waals surface area contributed by atoms with E-state index in [-0.39, 0.29) is 11.6 Å². The Morgan fingerprint density at radius 3 is 2.56 bits per heavy atom. The zero-order chi connectivity index (χ0) is 13.3. The molecule has 0 N–H and O–H groups in total. The fraction of sp³-hybridized carbons (Fsp3) is 0.400. The van der Waals surface area contributed by atoms with Gasteiger partial charge in [0.15, 0.2) is 5.03 Å². The van der Waals surface area contributed by atoms with Gasteiger partial charge in [-0.15, -0.1) is 0 Å². The molecule has 0 bridgehead atoms. The summed E-state index contributed by atoms with van der Waals surface area (Å²) >= 11 is 0. The molecule has 2 aromatic heterocycles. The maximum absolute atomic E-state index is 12.3. The van der Waals surface area contributed by atoms with Crippen LogP contribution in [0.2, 0.25) is 0 Å². The molecule has 0 amide bonds. The number of hydrogen-bond donors (Lipinski definition) is 0. The van der Waals surface area contributed by atoms with Crippen LogP contribution in [0.15, 0.2) is 29.7 Å². The summed E-state index contributed by atoms with van der Waals surface area (Å²) in [6.45, 7) is 0.279. The van der Waals surface area contributed by atoms with Crippen LogP contribution in [-0.2, 0) is 30.7 Å². The summed E-state index contributed by atoms with van der Waals surface area (Å²) < 4.78 is 28.8. The molecular formula is C10H15N5O2S. The molecule has 0 radical (unpaired) electrons. The summed E-state index contributed by atoms with van der Waals surface area (Å²) in [6.07, 6.45) is 4.90. The molecule has 7 nitrogen and oxygen atoms in total. The number of nitrogens with zero attached hydrogens (tertiary/aromatic N) is 5. The third-order valence-electron chi connectivity index (χ3n) is 2.61. The van der Waals surface area contributed by atoms with Crippen molar-refractivity contribution in [2.45, 2.75) is 11.6 Å². The Hall–Kier alpha value is -1.67. The van der Waals surface area contributed by atoms with Gasteiger partial charge in [0.25, 0.3) is 10.0 Å². The van der Waals surface area contributed by atoms with E-state index >= 15 is 0 Å². The average molecular weight is 269 g/mol.